The molecule has 0 saturated heterocycles. The van der Waals surface area contributed by atoms with Crippen molar-refractivity contribution < 1.29 is 9.21 Å². The molecule has 28 heavy (non-hydrogen) atoms. The topological polar surface area (TPSA) is 64.2 Å². The Kier molecular flexibility index (Phi) is 4.01. The first kappa shape index (κ1) is 16.5. The van der Waals surface area contributed by atoms with Crippen LogP contribution in [0.15, 0.2) is 83.9 Å². The fourth-order valence-corrected chi connectivity index (χ4v) is 3.76. The van der Waals surface area contributed by atoms with Crippen LogP contribution in [-0.4, -0.2) is 27.2 Å². The summed E-state index contributed by atoms with van der Waals surface area (Å²) in [5, 5.41) is 4.38. The van der Waals surface area contributed by atoms with Gasteiger partial charge in [-0.1, -0.05) is 48.5 Å². The second-order valence-corrected chi connectivity index (χ2v) is 6.78. The molecule has 3 heterocycles. The molecule has 0 saturated carbocycles. The summed E-state index contributed by atoms with van der Waals surface area (Å²) in [7, 11) is 0. The summed E-state index contributed by atoms with van der Waals surface area (Å²) in [5.74, 6) is 0.0581. The van der Waals surface area contributed by atoms with Crippen molar-refractivity contribution in [2.75, 3.05) is 11.4 Å². The second kappa shape index (κ2) is 6.81. The monoisotopic (exact) mass is 370 g/mol. The molecule has 2 aromatic carbocycles. The van der Waals surface area contributed by atoms with Crippen LogP contribution in [0.5, 0.6) is 0 Å². The van der Waals surface area contributed by atoms with Crippen LogP contribution in [0, 0.1) is 0 Å². The zero-order valence-corrected chi connectivity index (χ0v) is 15.1. The number of amides is 1. The Hall–Kier alpha value is -3.67. The van der Waals surface area contributed by atoms with Crippen LogP contribution < -0.4 is 4.90 Å². The number of nitrogens with zero attached hydrogens (tertiary/aromatic N) is 4. The lowest BCUT2D eigenvalue weighted by Gasteiger charge is -2.34. The smallest absolute Gasteiger partial charge is 0.296 e. The Bertz CT molecular complexity index is 1100. The first-order valence-electron chi connectivity index (χ1n) is 9.19. The number of oxazole rings is 1. The van der Waals surface area contributed by atoms with E-state index >= 15 is 0 Å². The van der Waals surface area contributed by atoms with Crippen molar-refractivity contribution >= 4 is 11.6 Å². The molecule has 138 valence electrons. The summed E-state index contributed by atoms with van der Waals surface area (Å²) in [6.07, 6.45) is 5.85. The van der Waals surface area contributed by atoms with Crippen molar-refractivity contribution in [1.29, 1.82) is 0 Å². The van der Waals surface area contributed by atoms with E-state index in [9.17, 15) is 4.79 Å². The molecule has 6 nitrogen and oxygen atoms in total. The minimum atomic E-state index is -0.194. The van der Waals surface area contributed by atoms with Gasteiger partial charge >= 0.3 is 0 Å². The molecular weight excluding hydrogens is 352 g/mol. The summed E-state index contributed by atoms with van der Waals surface area (Å²) in [5.41, 5.74) is 3.44. The van der Waals surface area contributed by atoms with Gasteiger partial charge in [0.25, 0.3) is 5.91 Å². The van der Waals surface area contributed by atoms with Gasteiger partial charge in [-0.15, -0.1) is 0 Å². The van der Waals surface area contributed by atoms with Crippen LogP contribution in [0.3, 0.4) is 0 Å². The zero-order valence-electron chi connectivity index (χ0n) is 15.1. The molecular formula is C22H18N4O2. The molecule has 4 aromatic rings. The lowest BCUT2D eigenvalue weighted by atomic mass is 9.97. The van der Waals surface area contributed by atoms with Gasteiger partial charge in [-0.25, -0.2) is 4.98 Å². The average Bonchev–Trinajstić information content (AvgIpc) is 3.45. The number of para-hydroxylation sites is 1. The lowest BCUT2D eigenvalue weighted by Crippen LogP contribution is -2.41. The van der Waals surface area contributed by atoms with E-state index in [-0.39, 0.29) is 17.7 Å². The van der Waals surface area contributed by atoms with E-state index in [1.54, 1.807) is 11.1 Å². The van der Waals surface area contributed by atoms with E-state index in [0.717, 1.165) is 23.2 Å². The van der Waals surface area contributed by atoms with Gasteiger partial charge in [-0.3, -0.25) is 9.48 Å². The summed E-state index contributed by atoms with van der Waals surface area (Å²) < 4.78 is 7.46. The van der Waals surface area contributed by atoms with Crippen LogP contribution >= 0.6 is 0 Å². The number of hydrogen-bond acceptors (Lipinski definition) is 4. The standard InChI is InChI=1S/C22H18N4O2/c27-22(21-20(23-15-28-21)16-7-2-1-3-8-16)25-14-18(26-12-6-11-24-26)13-17-9-4-5-10-19(17)25/h1-12,15,18H,13-14H2. The molecule has 2 aromatic heterocycles. The Morgan fingerprint density at radius 1 is 1.04 bits per heavy atom. The maximum absolute atomic E-state index is 13.5. The van der Waals surface area contributed by atoms with Crippen molar-refractivity contribution in [3.05, 3.63) is 90.8 Å². The molecule has 1 aliphatic heterocycles. The van der Waals surface area contributed by atoms with Gasteiger partial charge in [0.1, 0.15) is 5.69 Å². The first-order valence-corrected chi connectivity index (χ1v) is 9.19. The van der Waals surface area contributed by atoms with E-state index in [0.29, 0.717) is 12.2 Å². The number of anilines is 1. The van der Waals surface area contributed by atoms with Gasteiger partial charge in [0.05, 0.1) is 6.04 Å². The van der Waals surface area contributed by atoms with Gasteiger partial charge in [-0.05, 0) is 24.1 Å². The number of benzene rings is 2. The third-order valence-electron chi connectivity index (χ3n) is 5.08. The molecule has 0 radical (unpaired) electrons. The van der Waals surface area contributed by atoms with E-state index in [4.69, 9.17) is 4.42 Å². The number of hydrogen-bond donors (Lipinski definition) is 0. The molecule has 5 rings (SSSR count). The Balaban J connectivity index is 1.55. The summed E-state index contributed by atoms with van der Waals surface area (Å²) in [6.45, 7) is 0.520. The summed E-state index contributed by atoms with van der Waals surface area (Å²) in [6, 6.07) is 19.6. The van der Waals surface area contributed by atoms with Crippen LogP contribution in [-0.2, 0) is 6.42 Å². The molecule has 0 fully saturated rings. The fraction of sp³-hybridized carbons (Fsp3) is 0.136. The summed E-state index contributed by atoms with van der Waals surface area (Å²) in [4.78, 5) is 19.6. The molecule has 1 atom stereocenters. The Morgan fingerprint density at radius 3 is 2.68 bits per heavy atom. The highest BCUT2D eigenvalue weighted by atomic mass is 16.3. The van der Waals surface area contributed by atoms with Crippen molar-refractivity contribution in [3.8, 4) is 11.3 Å². The number of aromatic nitrogens is 3. The highest BCUT2D eigenvalue weighted by Crippen LogP contribution is 2.34. The molecule has 0 N–H and O–H groups in total. The Morgan fingerprint density at radius 2 is 1.86 bits per heavy atom. The predicted molar refractivity (Wildman–Crippen MR) is 105 cm³/mol. The second-order valence-electron chi connectivity index (χ2n) is 6.78. The average molecular weight is 370 g/mol. The van der Waals surface area contributed by atoms with Crippen LogP contribution in [0.2, 0.25) is 0 Å². The van der Waals surface area contributed by atoms with Gasteiger partial charge < -0.3 is 9.32 Å². The maximum atomic E-state index is 13.5. The maximum Gasteiger partial charge on any atom is 0.296 e. The highest BCUT2D eigenvalue weighted by molar-refractivity contribution is 6.08. The predicted octanol–water partition coefficient (Wildman–Crippen LogP) is 3.98. The largest absolute Gasteiger partial charge is 0.438 e. The lowest BCUT2D eigenvalue weighted by molar-refractivity contribution is 0.0954. The third-order valence-corrected chi connectivity index (χ3v) is 5.08. The van der Waals surface area contributed by atoms with E-state index in [1.165, 1.54) is 6.39 Å². The van der Waals surface area contributed by atoms with Crippen molar-refractivity contribution in [1.82, 2.24) is 14.8 Å². The molecule has 0 aliphatic carbocycles. The minimum Gasteiger partial charge on any atom is -0.438 e. The zero-order chi connectivity index (χ0) is 18.9. The van der Waals surface area contributed by atoms with Crippen LogP contribution in [0.1, 0.15) is 22.2 Å². The molecule has 1 unspecified atom stereocenters. The van der Waals surface area contributed by atoms with E-state index < -0.39 is 0 Å². The van der Waals surface area contributed by atoms with Crippen molar-refractivity contribution in [2.24, 2.45) is 0 Å². The SMILES string of the molecule is O=C(c1ocnc1-c1ccccc1)N1CC(n2cccn2)Cc2ccccc21. The fourth-order valence-electron chi connectivity index (χ4n) is 3.76. The molecule has 6 heteroatoms. The number of fused-ring (bicyclic) bond motifs is 1. The highest BCUT2D eigenvalue weighted by Gasteiger charge is 2.33. The van der Waals surface area contributed by atoms with Crippen molar-refractivity contribution in [2.45, 2.75) is 12.5 Å². The number of carbonyl (C=O) groups is 1. The Labute approximate surface area is 162 Å². The molecule has 1 aliphatic rings. The molecule has 0 bridgehead atoms. The van der Waals surface area contributed by atoms with Gasteiger partial charge in [0.15, 0.2) is 6.39 Å². The van der Waals surface area contributed by atoms with Gasteiger partial charge in [0, 0.05) is 30.2 Å². The van der Waals surface area contributed by atoms with Gasteiger partial charge in [0.2, 0.25) is 5.76 Å². The van der Waals surface area contributed by atoms with Crippen molar-refractivity contribution in [3.63, 3.8) is 0 Å². The van der Waals surface area contributed by atoms with Crippen LogP contribution in [0.4, 0.5) is 5.69 Å². The van der Waals surface area contributed by atoms with Crippen LogP contribution in [0.25, 0.3) is 11.3 Å². The molecule has 1 amide bonds. The first-order chi connectivity index (χ1) is 13.8. The molecule has 0 spiro atoms. The number of carbonyl (C=O) groups excluding carboxylic acids is 1. The van der Waals surface area contributed by atoms with E-state index in [1.807, 2.05) is 65.5 Å². The third kappa shape index (κ3) is 2.79. The van der Waals surface area contributed by atoms with Gasteiger partial charge in [-0.2, -0.15) is 5.10 Å². The quantitative estimate of drug-likeness (QED) is 0.547. The summed E-state index contributed by atoms with van der Waals surface area (Å²) >= 11 is 0. The van der Waals surface area contributed by atoms with E-state index in [2.05, 4.69) is 16.1 Å². The minimum absolute atomic E-state index is 0.0666. The number of rotatable bonds is 3. The normalized spacial score (nSPS) is 16.0.